The number of carbonyl (C=O) groups is 2. The van der Waals surface area contributed by atoms with Crippen molar-refractivity contribution in [3.8, 4) is 0 Å². The van der Waals surface area contributed by atoms with Gasteiger partial charge in [-0.15, -0.1) is 0 Å². The second-order valence-electron chi connectivity index (χ2n) is 6.23. The second kappa shape index (κ2) is 6.83. The summed E-state index contributed by atoms with van der Waals surface area (Å²) in [7, 11) is 0. The number of rotatable bonds is 4. The summed E-state index contributed by atoms with van der Waals surface area (Å²) < 4.78 is 5.43. The number of allylic oxidation sites excluding steroid dienone is 1. The fraction of sp³-hybridized carbons (Fsp3) is 0.238. The zero-order valence-electron chi connectivity index (χ0n) is 13.9. The highest BCUT2D eigenvalue weighted by Crippen LogP contribution is 2.34. The first-order valence-electron chi connectivity index (χ1n) is 8.07. The van der Waals surface area contributed by atoms with E-state index in [1.807, 2.05) is 38.1 Å². The Bertz CT molecular complexity index is 790. The van der Waals surface area contributed by atoms with E-state index in [0.29, 0.717) is 5.56 Å². The molecule has 3 nitrogen and oxygen atoms in total. The van der Waals surface area contributed by atoms with Crippen molar-refractivity contribution in [2.24, 2.45) is 5.92 Å². The summed E-state index contributed by atoms with van der Waals surface area (Å²) in [6, 6.07) is 15.0. The molecule has 2 aromatic rings. The Hall–Kier alpha value is -2.68. The molecule has 3 rings (SSSR count). The average molecular weight is 320 g/mol. The zero-order valence-corrected chi connectivity index (χ0v) is 13.9. The predicted octanol–water partition coefficient (Wildman–Crippen LogP) is 4.00. The molecular formula is C21H20O3. The molecule has 0 N–H and O–H groups in total. The number of ketones is 1. The molecule has 0 bridgehead atoms. The van der Waals surface area contributed by atoms with Crippen molar-refractivity contribution >= 4 is 11.8 Å². The third kappa shape index (κ3) is 3.30. The summed E-state index contributed by atoms with van der Waals surface area (Å²) in [5, 5.41) is 0. The van der Waals surface area contributed by atoms with Gasteiger partial charge in [0, 0.05) is 5.92 Å². The van der Waals surface area contributed by atoms with Crippen LogP contribution in [0, 0.1) is 19.8 Å². The maximum Gasteiger partial charge on any atom is 0.338 e. The summed E-state index contributed by atoms with van der Waals surface area (Å²) in [5.41, 5.74) is 3.79. The largest absolute Gasteiger partial charge is 0.461 e. The summed E-state index contributed by atoms with van der Waals surface area (Å²) in [6.45, 7) is 4.25. The van der Waals surface area contributed by atoms with Crippen LogP contribution >= 0.6 is 0 Å². The molecule has 0 radical (unpaired) electrons. The molecule has 0 aromatic heterocycles. The van der Waals surface area contributed by atoms with Crippen LogP contribution in [0.1, 0.15) is 33.0 Å². The van der Waals surface area contributed by atoms with Crippen LogP contribution < -0.4 is 0 Å². The molecule has 3 heteroatoms. The highest BCUT2D eigenvalue weighted by molar-refractivity contribution is 5.98. The van der Waals surface area contributed by atoms with Gasteiger partial charge in [-0.05, 0) is 43.2 Å². The molecule has 0 heterocycles. The highest BCUT2D eigenvalue weighted by atomic mass is 16.5. The Morgan fingerprint density at radius 1 is 1.08 bits per heavy atom. The smallest absolute Gasteiger partial charge is 0.338 e. The number of hydrogen-bond acceptors (Lipinski definition) is 3. The molecule has 0 saturated carbocycles. The summed E-state index contributed by atoms with van der Waals surface area (Å²) in [6.07, 6.45) is 3.45. The van der Waals surface area contributed by atoms with E-state index in [-0.39, 0.29) is 30.2 Å². The molecule has 1 aliphatic rings. The lowest BCUT2D eigenvalue weighted by molar-refractivity contribution is -0.116. The van der Waals surface area contributed by atoms with E-state index in [2.05, 4.69) is 6.07 Å². The molecule has 122 valence electrons. The van der Waals surface area contributed by atoms with E-state index in [1.165, 1.54) is 5.56 Å². The number of carbonyl (C=O) groups excluding carboxylic acids is 2. The maximum atomic E-state index is 12.3. The topological polar surface area (TPSA) is 43.4 Å². The summed E-state index contributed by atoms with van der Waals surface area (Å²) in [4.78, 5) is 24.4. The Morgan fingerprint density at radius 2 is 1.83 bits per heavy atom. The standard InChI is InChI=1S/C21H20O3/c1-14-8-10-18(15(2)12-14)20-17(9-11-19(20)22)13-24-21(23)16-6-4-3-5-7-16/h3-12,17,20H,13H2,1-2H3. The number of benzene rings is 2. The lowest BCUT2D eigenvalue weighted by atomic mass is 9.85. The molecule has 0 aliphatic heterocycles. The summed E-state index contributed by atoms with van der Waals surface area (Å²) >= 11 is 0. The van der Waals surface area contributed by atoms with Crippen molar-refractivity contribution in [3.63, 3.8) is 0 Å². The first kappa shape index (κ1) is 16.2. The first-order chi connectivity index (χ1) is 11.6. The Kier molecular flexibility index (Phi) is 4.61. The van der Waals surface area contributed by atoms with E-state index in [4.69, 9.17) is 4.74 Å². The molecule has 24 heavy (non-hydrogen) atoms. The Morgan fingerprint density at radius 3 is 2.54 bits per heavy atom. The number of esters is 1. The van der Waals surface area contributed by atoms with Crippen LogP contribution in [0.2, 0.25) is 0 Å². The maximum absolute atomic E-state index is 12.3. The summed E-state index contributed by atoms with van der Waals surface area (Å²) in [5.74, 6) is -0.675. The molecule has 0 spiro atoms. The van der Waals surface area contributed by atoms with E-state index in [9.17, 15) is 9.59 Å². The Balaban J connectivity index is 1.74. The third-order valence-electron chi connectivity index (χ3n) is 4.42. The van der Waals surface area contributed by atoms with Crippen LogP contribution in [-0.2, 0) is 9.53 Å². The molecule has 2 atom stereocenters. The van der Waals surface area contributed by atoms with Gasteiger partial charge in [-0.3, -0.25) is 4.79 Å². The van der Waals surface area contributed by atoms with Crippen molar-refractivity contribution in [2.75, 3.05) is 6.61 Å². The molecule has 0 amide bonds. The first-order valence-corrected chi connectivity index (χ1v) is 8.07. The quantitative estimate of drug-likeness (QED) is 0.800. The van der Waals surface area contributed by atoms with Crippen LogP contribution in [0.15, 0.2) is 60.7 Å². The van der Waals surface area contributed by atoms with Crippen molar-refractivity contribution in [2.45, 2.75) is 19.8 Å². The van der Waals surface area contributed by atoms with Crippen LogP contribution in [-0.4, -0.2) is 18.4 Å². The minimum absolute atomic E-state index is 0.0720. The van der Waals surface area contributed by atoms with Gasteiger partial charge in [0.2, 0.25) is 0 Å². The van der Waals surface area contributed by atoms with Gasteiger partial charge in [-0.25, -0.2) is 4.79 Å². The monoisotopic (exact) mass is 320 g/mol. The van der Waals surface area contributed by atoms with Gasteiger partial charge in [-0.1, -0.05) is 48.0 Å². The molecule has 2 unspecified atom stereocenters. The van der Waals surface area contributed by atoms with Gasteiger partial charge in [0.05, 0.1) is 18.1 Å². The minimum atomic E-state index is -0.359. The van der Waals surface area contributed by atoms with Crippen molar-refractivity contribution in [1.29, 1.82) is 0 Å². The lowest BCUT2D eigenvalue weighted by Gasteiger charge is -2.20. The van der Waals surface area contributed by atoms with Crippen molar-refractivity contribution in [1.82, 2.24) is 0 Å². The third-order valence-corrected chi connectivity index (χ3v) is 4.42. The number of aryl methyl sites for hydroxylation is 2. The molecule has 0 fully saturated rings. The molecule has 0 saturated heterocycles. The highest BCUT2D eigenvalue weighted by Gasteiger charge is 2.33. The van der Waals surface area contributed by atoms with E-state index >= 15 is 0 Å². The van der Waals surface area contributed by atoms with Gasteiger partial charge in [-0.2, -0.15) is 0 Å². The normalized spacial score (nSPS) is 19.5. The second-order valence-corrected chi connectivity index (χ2v) is 6.23. The van der Waals surface area contributed by atoms with Crippen molar-refractivity contribution < 1.29 is 14.3 Å². The van der Waals surface area contributed by atoms with Crippen LogP contribution in [0.3, 0.4) is 0 Å². The van der Waals surface area contributed by atoms with Gasteiger partial charge in [0.1, 0.15) is 0 Å². The van der Waals surface area contributed by atoms with Gasteiger partial charge < -0.3 is 4.74 Å². The predicted molar refractivity (Wildman–Crippen MR) is 93.0 cm³/mol. The Labute approximate surface area is 142 Å². The molecule has 1 aliphatic carbocycles. The van der Waals surface area contributed by atoms with E-state index < -0.39 is 0 Å². The SMILES string of the molecule is Cc1ccc(C2C(=O)C=CC2COC(=O)c2ccccc2)c(C)c1. The van der Waals surface area contributed by atoms with Crippen molar-refractivity contribution in [3.05, 3.63) is 82.9 Å². The van der Waals surface area contributed by atoms with E-state index in [0.717, 1.165) is 11.1 Å². The fourth-order valence-electron chi connectivity index (χ4n) is 3.18. The fourth-order valence-corrected chi connectivity index (χ4v) is 3.18. The van der Waals surface area contributed by atoms with Gasteiger partial charge in [0.15, 0.2) is 5.78 Å². The zero-order chi connectivity index (χ0) is 17.1. The van der Waals surface area contributed by atoms with Crippen LogP contribution in [0.5, 0.6) is 0 Å². The van der Waals surface area contributed by atoms with Crippen LogP contribution in [0.4, 0.5) is 0 Å². The lowest BCUT2D eigenvalue weighted by Crippen LogP contribution is -2.21. The van der Waals surface area contributed by atoms with Crippen LogP contribution in [0.25, 0.3) is 0 Å². The molecule has 2 aromatic carbocycles. The number of hydrogen-bond donors (Lipinski definition) is 0. The molecular weight excluding hydrogens is 300 g/mol. The van der Waals surface area contributed by atoms with Gasteiger partial charge >= 0.3 is 5.97 Å². The average Bonchev–Trinajstić information content (AvgIpc) is 2.94. The van der Waals surface area contributed by atoms with E-state index in [1.54, 1.807) is 30.3 Å². The van der Waals surface area contributed by atoms with Gasteiger partial charge in [0.25, 0.3) is 0 Å². The number of ether oxygens (including phenoxy) is 1. The minimum Gasteiger partial charge on any atom is -0.461 e.